The summed E-state index contributed by atoms with van der Waals surface area (Å²) in [4.78, 5) is 27.9. The minimum Gasteiger partial charge on any atom is -0.372 e. The highest BCUT2D eigenvalue weighted by Gasteiger charge is 2.30. The van der Waals surface area contributed by atoms with Crippen LogP contribution in [0.5, 0.6) is 0 Å². The van der Waals surface area contributed by atoms with Gasteiger partial charge in [0.15, 0.2) is 0 Å². The van der Waals surface area contributed by atoms with Gasteiger partial charge in [-0.15, -0.1) is 0 Å². The van der Waals surface area contributed by atoms with Gasteiger partial charge >= 0.3 is 11.8 Å². The predicted octanol–water partition coefficient (Wildman–Crippen LogP) is -1.10. The van der Waals surface area contributed by atoms with Crippen LogP contribution in [-0.2, 0) is 14.3 Å². The second-order valence-electron chi connectivity index (χ2n) is 5.70. The Balaban J connectivity index is 1.84. The lowest BCUT2D eigenvalue weighted by molar-refractivity contribution is -0.155. The molecule has 0 aromatic rings. The number of hydrazine groups is 1. The van der Waals surface area contributed by atoms with Gasteiger partial charge in [0.25, 0.3) is 0 Å². The molecular formula is C13H24N4O3. The van der Waals surface area contributed by atoms with E-state index in [2.05, 4.69) is 10.3 Å². The Kier molecular flexibility index (Phi) is 4.95. The van der Waals surface area contributed by atoms with Gasteiger partial charge in [0, 0.05) is 39.3 Å². The number of morpholine rings is 1. The number of piperazine rings is 1. The first kappa shape index (κ1) is 15.2. The first-order chi connectivity index (χ1) is 9.45. The van der Waals surface area contributed by atoms with Crippen molar-refractivity contribution in [3.8, 4) is 0 Å². The van der Waals surface area contributed by atoms with Crippen molar-refractivity contribution >= 4 is 11.8 Å². The first-order valence-electron chi connectivity index (χ1n) is 7.14. The summed E-state index contributed by atoms with van der Waals surface area (Å²) in [6, 6.07) is 0. The summed E-state index contributed by atoms with van der Waals surface area (Å²) in [5.41, 5.74) is 2.70. The van der Waals surface area contributed by atoms with Crippen LogP contribution in [-0.4, -0.2) is 85.1 Å². The lowest BCUT2D eigenvalue weighted by Gasteiger charge is -2.36. The molecule has 20 heavy (non-hydrogen) atoms. The second kappa shape index (κ2) is 6.51. The number of hydrogen-bond donors (Lipinski definition) is 1. The van der Waals surface area contributed by atoms with Crippen molar-refractivity contribution < 1.29 is 14.3 Å². The number of amides is 2. The molecule has 0 aromatic carbocycles. The molecular weight excluding hydrogens is 260 g/mol. The van der Waals surface area contributed by atoms with Gasteiger partial charge in [0.2, 0.25) is 0 Å². The smallest absolute Gasteiger partial charge is 0.323 e. The van der Waals surface area contributed by atoms with Crippen LogP contribution in [0, 0.1) is 0 Å². The fourth-order valence-electron chi connectivity index (χ4n) is 2.60. The zero-order valence-electron chi connectivity index (χ0n) is 12.5. The highest BCUT2D eigenvalue weighted by Crippen LogP contribution is 2.10. The van der Waals surface area contributed by atoms with Crippen molar-refractivity contribution in [3.05, 3.63) is 0 Å². The molecule has 2 saturated heterocycles. The van der Waals surface area contributed by atoms with Gasteiger partial charge in [-0.3, -0.25) is 15.0 Å². The van der Waals surface area contributed by atoms with Gasteiger partial charge in [0.05, 0.1) is 12.2 Å². The zero-order chi connectivity index (χ0) is 14.7. The molecule has 2 atom stereocenters. The maximum absolute atomic E-state index is 12.1. The largest absolute Gasteiger partial charge is 0.372 e. The Hall–Kier alpha value is -1.18. The molecule has 0 radical (unpaired) electrons. The number of hydrogen-bond acceptors (Lipinski definition) is 5. The molecule has 0 aliphatic carbocycles. The number of carbonyl (C=O) groups is 2. The van der Waals surface area contributed by atoms with E-state index in [9.17, 15) is 9.59 Å². The third kappa shape index (κ3) is 3.91. The molecule has 114 valence electrons. The molecule has 0 bridgehead atoms. The van der Waals surface area contributed by atoms with Crippen molar-refractivity contribution in [1.29, 1.82) is 0 Å². The predicted molar refractivity (Wildman–Crippen MR) is 73.8 cm³/mol. The molecule has 0 saturated carbocycles. The number of likely N-dealkylation sites (N-methyl/N-ethyl adjacent to an activating group) is 1. The Morgan fingerprint density at radius 3 is 2.15 bits per heavy atom. The van der Waals surface area contributed by atoms with Crippen molar-refractivity contribution in [2.24, 2.45) is 0 Å². The highest BCUT2D eigenvalue weighted by atomic mass is 16.5. The van der Waals surface area contributed by atoms with Gasteiger partial charge in [-0.05, 0) is 20.9 Å². The molecule has 2 fully saturated rings. The molecule has 7 heteroatoms. The number of nitrogens with one attached hydrogen (secondary N) is 1. The van der Waals surface area contributed by atoms with Crippen LogP contribution in [0.3, 0.4) is 0 Å². The first-order valence-corrected chi connectivity index (χ1v) is 7.14. The van der Waals surface area contributed by atoms with Gasteiger partial charge in [-0.1, -0.05) is 0 Å². The SMILES string of the molecule is CC1CN(C(=O)C(=O)NN2CCN(C)CC2)CC(C)O1. The van der Waals surface area contributed by atoms with Gasteiger partial charge in [-0.25, -0.2) is 5.01 Å². The Bertz CT molecular complexity index is 359. The monoisotopic (exact) mass is 284 g/mol. The van der Waals surface area contributed by atoms with Crippen LogP contribution in [0.25, 0.3) is 0 Å². The highest BCUT2D eigenvalue weighted by molar-refractivity contribution is 6.34. The van der Waals surface area contributed by atoms with Gasteiger partial charge in [0.1, 0.15) is 0 Å². The van der Waals surface area contributed by atoms with E-state index in [1.807, 2.05) is 25.9 Å². The maximum atomic E-state index is 12.1. The van der Waals surface area contributed by atoms with Gasteiger partial charge < -0.3 is 14.5 Å². The normalized spacial score (nSPS) is 29.2. The van der Waals surface area contributed by atoms with E-state index in [1.54, 1.807) is 4.90 Å². The van der Waals surface area contributed by atoms with Crippen molar-refractivity contribution in [2.45, 2.75) is 26.1 Å². The summed E-state index contributed by atoms with van der Waals surface area (Å²) in [6.45, 7) is 8.03. The molecule has 7 nitrogen and oxygen atoms in total. The Morgan fingerprint density at radius 2 is 1.60 bits per heavy atom. The van der Waals surface area contributed by atoms with E-state index in [-0.39, 0.29) is 12.2 Å². The molecule has 1 N–H and O–H groups in total. The fourth-order valence-corrected chi connectivity index (χ4v) is 2.60. The number of rotatable bonds is 1. The van der Waals surface area contributed by atoms with Crippen molar-refractivity contribution in [2.75, 3.05) is 46.3 Å². The third-order valence-electron chi connectivity index (χ3n) is 3.66. The molecule has 0 aromatic heterocycles. The summed E-state index contributed by atoms with van der Waals surface area (Å²) in [5.74, 6) is -1.01. The van der Waals surface area contributed by atoms with Crippen LogP contribution < -0.4 is 5.43 Å². The summed E-state index contributed by atoms with van der Waals surface area (Å²) in [7, 11) is 2.04. The van der Waals surface area contributed by atoms with E-state index >= 15 is 0 Å². The van der Waals surface area contributed by atoms with Crippen LogP contribution >= 0.6 is 0 Å². The Morgan fingerprint density at radius 1 is 1.05 bits per heavy atom. The van der Waals surface area contributed by atoms with E-state index in [1.165, 1.54) is 0 Å². The number of carbonyl (C=O) groups excluding carboxylic acids is 2. The molecule has 2 aliphatic rings. The topological polar surface area (TPSA) is 65.1 Å². The Labute approximate surface area is 119 Å². The second-order valence-corrected chi connectivity index (χ2v) is 5.70. The summed E-state index contributed by atoms with van der Waals surface area (Å²) in [5, 5.41) is 1.81. The molecule has 2 amide bonds. The number of nitrogens with zero attached hydrogens (tertiary/aromatic N) is 3. The third-order valence-corrected chi connectivity index (χ3v) is 3.66. The molecule has 2 unspecified atom stereocenters. The minimum absolute atomic E-state index is 0.0286. The van der Waals surface area contributed by atoms with Crippen molar-refractivity contribution in [3.63, 3.8) is 0 Å². The molecule has 2 aliphatic heterocycles. The average molecular weight is 284 g/mol. The van der Waals surface area contributed by atoms with E-state index < -0.39 is 11.8 Å². The summed E-state index contributed by atoms with van der Waals surface area (Å²) < 4.78 is 5.57. The molecule has 0 spiro atoms. The minimum atomic E-state index is -0.546. The summed E-state index contributed by atoms with van der Waals surface area (Å²) >= 11 is 0. The average Bonchev–Trinajstić information content (AvgIpc) is 2.39. The van der Waals surface area contributed by atoms with Crippen LogP contribution in [0.4, 0.5) is 0 Å². The van der Waals surface area contributed by atoms with E-state index in [0.29, 0.717) is 13.1 Å². The van der Waals surface area contributed by atoms with Gasteiger partial charge in [-0.2, -0.15) is 0 Å². The van der Waals surface area contributed by atoms with Crippen LogP contribution in [0.15, 0.2) is 0 Å². The van der Waals surface area contributed by atoms with Crippen LogP contribution in [0.2, 0.25) is 0 Å². The fraction of sp³-hybridized carbons (Fsp3) is 0.846. The molecule has 2 rings (SSSR count). The maximum Gasteiger partial charge on any atom is 0.323 e. The lowest BCUT2D eigenvalue weighted by Crippen LogP contribution is -2.58. The van der Waals surface area contributed by atoms with E-state index in [0.717, 1.165) is 26.2 Å². The number of ether oxygens (including phenoxy) is 1. The van der Waals surface area contributed by atoms with Crippen LogP contribution in [0.1, 0.15) is 13.8 Å². The van der Waals surface area contributed by atoms with E-state index in [4.69, 9.17) is 4.74 Å². The van der Waals surface area contributed by atoms with Crippen molar-refractivity contribution in [1.82, 2.24) is 20.2 Å². The standard InChI is InChI=1S/C13H24N4O3/c1-10-8-16(9-11(2)20-10)13(19)12(18)14-17-6-4-15(3)5-7-17/h10-11H,4-9H2,1-3H3,(H,14,18). The molecule has 2 heterocycles. The zero-order valence-corrected chi connectivity index (χ0v) is 12.5. The summed E-state index contributed by atoms with van der Waals surface area (Å²) in [6.07, 6.45) is -0.0572. The lowest BCUT2D eigenvalue weighted by atomic mass is 10.2. The quantitative estimate of drug-likeness (QED) is 0.619.